The number of hydrogen-bond donors (Lipinski definition) is 1. The van der Waals surface area contributed by atoms with Gasteiger partial charge >= 0.3 is 5.97 Å². The molecule has 1 aromatic heterocycles. The molecule has 2 heterocycles. The Hall–Kier alpha value is -3.05. The van der Waals surface area contributed by atoms with Crippen molar-refractivity contribution in [3.8, 4) is 11.8 Å². The number of rotatable bonds is 4. The number of methoxy groups -OCH3 is 1. The van der Waals surface area contributed by atoms with E-state index in [4.69, 9.17) is 10.5 Å². The fourth-order valence-electron chi connectivity index (χ4n) is 3.31. The zero-order valence-corrected chi connectivity index (χ0v) is 15.4. The molecule has 0 radical (unpaired) electrons. The van der Waals surface area contributed by atoms with Gasteiger partial charge in [0.15, 0.2) is 5.69 Å². The minimum Gasteiger partial charge on any atom is -0.464 e. The molecule has 0 atom stereocenters. The maximum atomic E-state index is 14.9. The van der Waals surface area contributed by atoms with Crippen LogP contribution in [-0.2, 0) is 4.74 Å². The number of carbonyl (C=O) groups is 1. The number of anilines is 2. The number of halogens is 1. The summed E-state index contributed by atoms with van der Waals surface area (Å²) in [7, 11) is 1.21. The van der Waals surface area contributed by atoms with Crippen molar-refractivity contribution < 1.29 is 13.9 Å². The van der Waals surface area contributed by atoms with E-state index >= 15 is 0 Å². The van der Waals surface area contributed by atoms with Gasteiger partial charge in [-0.15, -0.1) is 0 Å². The molecule has 142 valence electrons. The van der Waals surface area contributed by atoms with Crippen LogP contribution in [0, 0.1) is 17.1 Å². The highest BCUT2D eigenvalue weighted by Crippen LogP contribution is 2.28. The Bertz CT molecular complexity index is 894. The van der Waals surface area contributed by atoms with Gasteiger partial charge in [-0.3, -0.25) is 0 Å². The standard InChI is InChI=1S/C19H22FN5O2/c1-3-23-6-8-24(9-7-23)14-4-5-16(15(20)10-14)25-12-13(11-21)17(22)18(25)19(26)27-2/h4-5,10,12H,3,6-9,22H2,1-2H3. The van der Waals surface area contributed by atoms with Crippen molar-refractivity contribution in [2.75, 3.05) is 50.5 Å². The van der Waals surface area contributed by atoms with Gasteiger partial charge in [0.2, 0.25) is 0 Å². The van der Waals surface area contributed by atoms with Gasteiger partial charge in [0.1, 0.15) is 11.9 Å². The second-order valence-corrected chi connectivity index (χ2v) is 6.34. The first-order chi connectivity index (χ1) is 13.0. The Morgan fingerprint density at radius 1 is 1.33 bits per heavy atom. The number of likely N-dealkylation sites (N-methyl/N-ethyl adjacent to an activating group) is 1. The number of piperazine rings is 1. The Morgan fingerprint density at radius 3 is 2.59 bits per heavy atom. The molecule has 27 heavy (non-hydrogen) atoms. The molecule has 0 saturated carbocycles. The van der Waals surface area contributed by atoms with E-state index in [9.17, 15) is 14.4 Å². The molecule has 0 spiro atoms. The van der Waals surface area contributed by atoms with E-state index in [1.54, 1.807) is 6.07 Å². The number of nitrogens with zero attached hydrogens (tertiary/aromatic N) is 4. The first-order valence-electron chi connectivity index (χ1n) is 8.76. The molecule has 8 heteroatoms. The van der Waals surface area contributed by atoms with E-state index in [1.165, 1.54) is 23.9 Å². The Balaban J connectivity index is 1.95. The average Bonchev–Trinajstić information content (AvgIpc) is 3.03. The van der Waals surface area contributed by atoms with E-state index in [-0.39, 0.29) is 22.6 Å². The van der Waals surface area contributed by atoms with Gasteiger partial charge in [0.05, 0.1) is 24.0 Å². The molecule has 2 N–H and O–H groups in total. The van der Waals surface area contributed by atoms with Crippen molar-refractivity contribution >= 4 is 17.3 Å². The van der Waals surface area contributed by atoms with E-state index in [1.807, 2.05) is 12.1 Å². The minimum absolute atomic E-state index is 0.0245. The number of ether oxygens (including phenoxy) is 1. The molecule has 0 unspecified atom stereocenters. The number of nitriles is 1. The molecule has 1 aliphatic rings. The van der Waals surface area contributed by atoms with Crippen LogP contribution in [0.25, 0.3) is 5.69 Å². The van der Waals surface area contributed by atoms with Crippen LogP contribution >= 0.6 is 0 Å². The minimum atomic E-state index is -0.729. The zero-order valence-electron chi connectivity index (χ0n) is 15.4. The summed E-state index contributed by atoms with van der Waals surface area (Å²) in [4.78, 5) is 16.5. The molecule has 0 bridgehead atoms. The number of aromatic nitrogens is 1. The molecule has 3 rings (SSSR count). The van der Waals surface area contributed by atoms with Gasteiger partial charge in [-0.1, -0.05) is 6.92 Å². The summed E-state index contributed by atoms with van der Waals surface area (Å²) in [6, 6.07) is 6.75. The van der Waals surface area contributed by atoms with Crippen molar-refractivity contribution in [3.63, 3.8) is 0 Å². The van der Waals surface area contributed by atoms with Crippen molar-refractivity contribution in [1.29, 1.82) is 5.26 Å². The molecule has 0 amide bonds. The van der Waals surface area contributed by atoms with Crippen LogP contribution in [0.4, 0.5) is 15.8 Å². The summed E-state index contributed by atoms with van der Waals surface area (Å²) in [5, 5.41) is 9.18. The second-order valence-electron chi connectivity index (χ2n) is 6.34. The van der Waals surface area contributed by atoms with Crippen LogP contribution in [0.15, 0.2) is 24.4 Å². The summed E-state index contributed by atoms with van der Waals surface area (Å²) in [5.41, 5.74) is 6.80. The van der Waals surface area contributed by atoms with Crippen LogP contribution < -0.4 is 10.6 Å². The summed E-state index contributed by atoms with van der Waals surface area (Å²) >= 11 is 0. The highest BCUT2D eigenvalue weighted by Gasteiger charge is 2.24. The van der Waals surface area contributed by atoms with E-state index in [0.29, 0.717) is 0 Å². The van der Waals surface area contributed by atoms with Gasteiger partial charge in [-0.2, -0.15) is 5.26 Å². The fraction of sp³-hybridized carbons (Fsp3) is 0.368. The highest BCUT2D eigenvalue weighted by atomic mass is 19.1. The lowest BCUT2D eigenvalue weighted by Crippen LogP contribution is -2.46. The van der Waals surface area contributed by atoms with Gasteiger partial charge in [0, 0.05) is 38.1 Å². The maximum absolute atomic E-state index is 14.9. The van der Waals surface area contributed by atoms with Crippen molar-refractivity contribution in [1.82, 2.24) is 9.47 Å². The van der Waals surface area contributed by atoms with E-state index < -0.39 is 11.8 Å². The Labute approximate surface area is 157 Å². The normalized spacial score (nSPS) is 14.8. The molecule has 1 aliphatic heterocycles. The largest absolute Gasteiger partial charge is 0.464 e. The topological polar surface area (TPSA) is 87.5 Å². The molecule has 1 saturated heterocycles. The summed E-state index contributed by atoms with van der Waals surface area (Å²) in [6.45, 7) is 6.66. The van der Waals surface area contributed by atoms with Crippen LogP contribution in [-0.4, -0.2) is 55.3 Å². The number of hydrogen-bond acceptors (Lipinski definition) is 6. The molecule has 1 fully saturated rings. The number of nitrogen functional groups attached to an aromatic ring is 1. The SMILES string of the molecule is CCN1CCN(c2ccc(-n3cc(C#N)c(N)c3C(=O)OC)c(F)c2)CC1. The maximum Gasteiger partial charge on any atom is 0.357 e. The van der Waals surface area contributed by atoms with Crippen LogP contribution in [0.5, 0.6) is 0 Å². The Morgan fingerprint density at radius 2 is 2.04 bits per heavy atom. The quantitative estimate of drug-likeness (QED) is 0.827. The number of benzene rings is 1. The third kappa shape index (κ3) is 3.46. The van der Waals surface area contributed by atoms with Gasteiger partial charge in [0.25, 0.3) is 0 Å². The molecular weight excluding hydrogens is 349 g/mol. The van der Waals surface area contributed by atoms with Gasteiger partial charge in [-0.25, -0.2) is 9.18 Å². The van der Waals surface area contributed by atoms with E-state index in [0.717, 1.165) is 38.4 Å². The number of carbonyl (C=O) groups excluding carboxylic acids is 1. The zero-order chi connectivity index (χ0) is 19.6. The number of esters is 1. The molecule has 0 aliphatic carbocycles. The fourth-order valence-corrected chi connectivity index (χ4v) is 3.31. The lowest BCUT2D eigenvalue weighted by molar-refractivity contribution is 0.0593. The summed E-state index contributed by atoms with van der Waals surface area (Å²) in [5.74, 6) is -1.23. The van der Waals surface area contributed by atoms with Crippen molar-refractivity contribution in [3.05, 3.63) is 41.5 Å². The monoisotopic (exact) mass is 371 g/mol. The first kappa shape index (κ1) is 18.7. The van der Waals surface area contributed by atoms with Crippen LogP contribution in [0.1, 0.15) is 23.0 Å². The first-order valence-corrected chi connectivity index (χ1v) is 8.76. The predicted octanol–water partition coefficient (Wildman–Crippen LogP) is 2.00. The summed E-state index contributed by atoms with van der Waals surface area (Å²) < 4.78 is 20.9. The lowest BCUT2D eigenvalue weighted by atomic mass is 10.2. The Kier molecular flexibility index (Phi) is 5.33. The summed E-state index contributed by atoms with van der Waals surface area (Å²) in [6.07, 6.45) is 1.35. The van der Waals surface area contributed by atoms with E-state index in [2.05, 4.69) is 16.7 Å². The smallest absolute Gasteiger partial charge is 0.357 e. The second kappa shape index (κ2) is 7.68. The van der Waals surface area contributed by atoms with Crippen LogP contribution in [0.2, 0.25) is 0 Å². The van der Waals surface area contributed by atoms with Crippen LogP contribution in [0.3, 0.4) is 0 Å². The average molecular weight is 371 g/mol. The van der Waals surface area contributed by atoms with Gasteiger partial charge in [-0.05, 0) is 24.7 Å². The van der Waals surface area contributed by atoms with Gasteiger partial charge < -0.3 is 24.8 Å². The van der Waals surface area contributed by atoms with Crippen molar-refractivity contribution in [2.24, 2.45) is 0 Å². The number of nitrogens with two attached hydrogens (primary N) is 1. The molecule has 2 aromatic rings. The molecule has 1 aromatic carbocycles. The predicted molar refractivity (Wildman–Crippen MR) is 101 cm³/mol. The van der Waals surface area contributed by atoms with Crippen molar-refractivity contribution in [2.45, 2.75) is 6.92 Å². The highest BCUT2D eigenvalue weighted by molar-refractivity contribution is 5.96. The molecule has 7 nitrogen and oxygen atoms in total. The third-order valence-electron chi connectivity index (χ3n) is 4.92. The third-order valence-corrected chi connectivity index (χ3v) is 4.92. The molecular formula is C19H22FN5O2. The lowest BCUT2D eigenvalue weighted by Gasteiger charge is -2.35.